The molecule has 100 valence electrons. The Labute approximate surface area is 110 Å². The van der Waals surface area contributed by atoms with Crippen molar-refractivity contribution in [2.45, 2.75) is 45.2 Å². The third kappa shape index (κ3) is 2.32. The maximum Gasteiger partial charge on any atom is 0.125 e. The van der Waals surface area contributed by atoms with Crippen molar-refractivity contribution >= 4 is 5.69 Å². The fraction of sp³-hybridized carbons (Fsp3) is 0.600. The molecule has 0 aliphatic carbocycles. The molecule has 3 nitrogen and oxygen atoms in total. The molecular weight excluding hydrogens is 224 g/mol. The second-order valence-corrected chi connectivity index (χ2v) is 5.08. The number of hydrogen-bond donors (Lipinski definition) is 1. The van der Waals surface area contributed by atoms with Gasteiger partial charge in [-0.15, -0.1) is 0 Å². The lowest BCUT2D eigenvalue weighted by Gasteiger charge is -2.30. The van der Waals surface area contributed by atoms with Gasteiger partial charge in [0.2, 0.25) is 0 Å². The fourth-order valence-corrected chi connectivity index (χ4v) is 3.00. The zero-order valence-electron chi connectivity index (χ0n) is 11.6. The molecule has 3 heteroatoms. The van der Waals surface area contributed by atoms with Crippen LogP contribution in [0.2, 0.25) is 0 Å². The first kappa shape index (κ1) is 13.2. The Balaban J connectivity index is 2.43. The summed E-state index contributed by atoms with van der Waals surface area (Å²) >= 11 is 0. The Morgan fingerprint density at radius 2 is 2.28 bits per heavy atom. The van der Waals surface area contributed by atoms with Crippen molar-refractivity contribution in [1.29, 1.82) is 0 Å². The lowest BCUT2D eigenvalue weighted by molar-refractivity contribution is 0.406. The van der Waals surface area contributed by atoms with E-state index in [9.17, 15) is 0 Å². The molecular formula is C15H24N2O. The van der Waals surface area contributed by atoms with Crippen molar-refractivity contribution in [3.8, 4) is 5.75 Å². The van der Waals surface area contributed by atoms with E-state index in [1.807, 2.05) is 13.0 Å². The summed E-state index contributed by atoms with van der Waals surface area (Å²) in [6, 6.07) is 6.88. The van der Waals surface area contributed by atoms with Crippen molar-refractivity contribution in [2.24, 2.45) is 5.73 Å². The van der Waals surface area contributed by atoms with Crippen LogP contribution in [0.25, 0.3) is 0 Å². The Morgan fingerprint density at radius 3 is 2.89 bits per heavy atom. The first-order chi connectivity index (χ1) is 8.69. The normalized spacial score (nSPS) is 21.1. The zero-order chi connectivity index (χ0) is 13.1. The first-order valence-electron chi connectivity index (χ1n) is 6.88. The van der Waals surface area contributed by atoms with Crippen LogP contribution < -0.4 is 15.4 Å². The fourth-order valence-electron chi connectivity index (χ4n) is 3.00. The molecule has 2 rings (SSSR count). The molecule has 18 heavy (non-hydrogen) atoms. The van der Waals surface area contributed by atoms with Crippen LogP contribution in [0.1, 0.15) is 44.7 Å². The van der Waals surface area contributed by atoms with Crippen molar-refractivity contribution in [3.05, 3.63) is 23.8 Å². The highest BCUT2D eigenvalue weighted by Crippen LogP contribution is 2.37. The summed E-state index contributed by atoms with van der Waals surface area (Å²) in [4.78, 5) is 2.50. The molecule has 0 spiro atoms. The molecule has 1 saturated heterocycles. The van der Waals surface area contributed by atoms with Gasteiger partial charge >= 0.3 is 0 Å². The van der Waals surface area contributed by atoms with Crippen molar-refractivity contribution in [1.82, 2.24) is 0 Å². The highest BCUT2D eigenvalue weighted by Gasteiger charge is 2.26. The summed E-state index contributed by atoms with van der Waals surface area (Å²) in [5, 5.41) is 0. The van der Waals surface area contributed by atoms with Gasteiger partial charge in [0.15, 0.2) is 0 Å². The summed E-state index contributed by atoms with van der Waals surface area (Å²) in [5.41, 5.74) is 8.54. The number of methoxy groups -OCH3 is 1. The molecule has 1 aliphatic rings. The molecule has 1 aromatic rings. The summed E-state index contributed by atoms with van der Waals surface area (Å²) in [5.74, 6) is 0.907. The van der Waals surface area contributed by atoms with Gasteiger partial charge < -0.3 is 15.4 Å². The lowest BCUT2D eigenvalue weighted by Crippen LogP contribution is -2.30. The standard InChI is InChI=1S/C15H24N2O/c1-4-12-7-6-10-17(12)13-8-5-9-14(18-3)15(13)11(2)16/h5,8-9,11-12H,4,6-7,10,16H2,1-3H3. The minimum atomic E-state index is -0.00532. The number of nitrogens with two attached hydrogens (primary N) is 1. The van der Waals surface area contributed by atoms with E-state index < -0.39 is 0 Å². The molecule has 0 aromatic heterocycles. The Bertz CT molecular complexity index is 403. The SMILES string of the molecule is CCC1CCCN1c1cccc(OC)c1C(C)N. The summed E-state index contributed by atoms with van der Waals surface area (Å²) in [6.45, 7) is 5.42. The molecule has 0 bridgehead atoms. The second-order valence-electron chi connectivity index (χ2n) is 5.08. The van der Waals surface area contributed by atoms with E-state index in [0.29, 0.717) is 6.04 Å². The Hall–Kier alpha value is -1.22. The number of benzene rings is 1. The Morgan fingerprint density at radius 1 is 1.50 bits per heavy atom. The maximum absolute atomic E-state index is 6.14. The van der Waals surface area contributed by atoms with E-state index in [0.717, 1.165) is 17.9 Å². The Kier molecular flexibility index (Phi) is 4.12. The largest absolute Gasteiger partial charge is 0.496 e. The molecule has 2 N–H and O–H groups in total. The molecule has 1 aliphatic heterocycles. The molecule has 0 amide bonds. The van der Waals surface area contributed by atoms with Crippen LogP contribution in [0.5, 0.6) is 5.75 Å². The maximum atomic E-state index is 6.14. The van der Waals surface area contributed by atoms with Gasteiger partial charge in [0, 0.05) is 29.9 Å². The second kappa shape index (κ2) is 5.61. The molecule has 2 unspecified atom stereocenters. The van der Waals surface area contributed by atoms with Gasteiger partial charge in [0.05, 0.1) is 7.11 Å². The predicted octanol–water partition coefficient (Wildman–Crippen LogP) is 3.09. The topological polar surface area (TPSA) is 38.5 Å². The molecule has 1 heterocycles. The highest BCUT2D eigenvalue weighted by atomic mass is 16.5. The van der Waals surface area contributed by atoms with Gasteiger partial charge in [-0.05, 0) is 38.3 Å². The number of hydrogen-bond acceptors (Lipinski definition) is 3. The summed E-state index contributed by atoms with van der Waals surface area (Å²) in [7, 11) is 1.71. The zero-order valence-corrected chi connectivity index (χ0v) is 11.6. The summed E-state index contributed by atoms with van der Waals surface area (Å²) in [6.07, 6.45) is 3.75. The highest BCUT2D eigenvalue weighted by molar-refractivity contribution is 5.61. The number of anilines is 1. The van der Waals surface area contributed by atoms with Crippen molar-refractivity contribution in [2.75, 3.05) is 18.6 Å². The number of rotatable bonds is 4. The van der Waals surface area contributed by atoms with Gasteiger partial charge in [-0.25, -0.2) is 0 Å². The van der Waals surface area contributed by atoms with E-state index in [1.54, 1.807) is 7.11 Å². The van der Waals surface area contributed by atoms with Crippen LogP contribution in [0.15, 0.2) is 18.2 Å². The van der Waals surface area contributed by atoms with Crippen LogP contribution in [0, 0.1) is 0 Å². The van der Waals surface area contributed by atoms with E-state index in [-0.39, 0.29) is 6.04 Å². The number of nitrogens with zero attached hydrogens (tertiary/aromatic N) is 1. The van der Waals surface area contributed by atoms with Crippen LogP contribution >= 0.6 is 0 Å². The summed E-state index contributed by atoms with van der Waals surface area (Å²) < 4.78 is 5.47. The molecule has 1 aromatic carbocycles. The van der Waals surface area contributed by atoms with Crippen molar-refractivity contribution < 1.29 is 4.74 Å². The smallest absolute Gasteiger partial charge is 0.125 e. The van der Waals surface area contributed by atoms with Crippen LogP contribution in [-0.4, -0.2) is 19.7 Å². The van der Waals surface area contributed by atoms with Gasteiger partial charge in [-0.2, -0.15) is 0 Å². The van der Waals surface area contributed by atoms with E-state index in [4.69, 9.17) is 10.5 Å². The van der Waals surface area contributed by atoms with Gasteiger partial charge in [-0.3, -0.25) is 0 Å². The third-order valence-electron chi connectivity index (χ3n) is 3.88. The van der Waals surface area contributed by atoms with Crippen LogP contribution in [-0.2, 0) is 0 Å². The lowest BCUT2D eigenvalue weighted by atomic mass is 10.0. The van der Waals surface area contributed by atoms with Gasteiger partial charge in [0.25, 0.3) is 0 Å². The van der Waals surface area contributed by atoms with E-state index >= 15 is 0 Å². The van der Waals surface area contributed by atoms with Gasteiger partial charge in [0.1, 0.15) is 5.75 Å². The van der Waals surface area contributed by atoms with Crippen molar-refractivity contribution in [3.63, 3.8) is 0 Å². The van der Waals surface area contributed by atoms with E-state index in [1.165, 1.54) is 24.9 Å². The minimum absolute atomic E-state index is 0.00532. The average molecular weight is 248 g/mol. The molecule has 0 radical (unpaired) electrons. The molecule has 2 atom stereocenters. The van der Waals surface area contributed by atoms with Gasteiger partial charge in [-0.1, -0.05) is 13.0 Å². The third-order valence-corrected chi connectivity index (χ3v) is 3.88. The molecule has 1 fully saturated rings. The quantitative estimate of drug-likeness (QED) is 0.890. The first-order valence-corrected chi connectivity index (χ1v) is 6.88. The number of ether oxygens (including phenoxy) is 1. The molecule has 0 saturated carbocycles. The van der Waals surface area contributed by atoms with Crippen LogP contribution in [0.3, 0.4) is 0 Å². The van der Waals surface area contributed by atoms with Crippen LogP contribution in [0.4, 0.5) is 5.69 Å². The minimum Gasteiger partial charge on any atom is -0.496 e. The van der Waals surface area contributed by atoms with E-state index in [2.05, 4.69) is 24.0 Å². The average Bonchev–Trinajstić information content (AvgIpc) is 2.85. The predicted molar refractivity (Wildman–Crippen MR) is 76.3 cm³/mol. The monoisotopic (exact) mass is 248 g/mol.